The molecule has 0 aromatic rings. The maximum absolute atomic E-state index is 7.00. The summed E-state index contributed by atoms with van der Waals surface area (Å²) in [5.74, 6) is 1.11. The molecule has 0 fully saturated rings. The van der Waals surface area contributed by atoms with Gasteiger partial charge in [0.1, 0.15) is 5.84 Å². The van der Waals surface area contributed by atoms with Gasteiger partial charge in [-0.3, -0.25) is 5.73 Å². The molecule has 3 nitrogen and oxygen atoms in total. The van der Waals surface area contributed by atoms with Crippen LogP contribution in [-0.4, -0.2) is 30.9 Å². The maximum atomic E-state index is 7.00. The first kappa shape index (κ1) is 8.27. The second-order valence-electron chi connectivity index (χ2n) is 2.66. The smallest absolute Gasteiger partial charge is 0.104 e. The van der Waals surface area contributed by atoms with Crippen LogP contribution in [0.15, 0.2) is 17.3 Å². The van der Waals surface area contributed by atoms with Crippen LogP contribution in [0.1, 0.15) is 12.8 Å². The van der Waals surface area contributed by atoms with Crippen molar-refractivity contribution in [2.24, 2.45) is 4.99 Å². The van der Waals surface area contributed by atoms with Crippen LogP contribution >= 0.6 is 0 Å². The lowest BCUT2D eigenvalue weighted by Crippen LogP contribution is -2.28. The van der Waals surface area contributed by atoms with Gasteiger partial charge in [0.2, 0.25) is 0 Å². The van der Waals surface area contributed by atoms with E-state index in [0.717, 1.165) is 25.2 Å². The summed E-state index contributed by atoms with van der Waals surface area (Å²) in [5.41, 5.74) is 7.00. The largest absolute Gasteiger partial charge is 0.359 e. The fourth-order valence-corrected chi connectivity index (χ4v) is 1.05. The number of nitrogens with one attached hydrogen (secondary N) is 1. The molecule has 0 saturated carbocycles. The van der Waals surface area contributed by atoms with Crippen LogP contribution in [-0.2, 0) is 0 Å². The standard InChI is InChI=1S/C8H14N3/c1-11-7-3-6-10-8(11)4-2-5-9/h3,6,9H,2,4-5,7H2,1H3. The molecule has 3 heteroatoms. The van der Waals surface area contributed by atoms with Crippen molar-refractivity contribution in [3.8, 4) is 0 Å². The van der Waals surface area contributed by atoms with Gasteiger partial charge in [0.05, 0.1) is 0 Å². The zero-order valence-corrected chi connectivity index (χ0v) is 6.88. The summed E-state index contributed by atoms with van der Waals surface area (Å²) in [6, 6.07) is 0. The van der Waals surface area contributed by atoms with Crippen LogP contribution in [0.2, 0.25) is 0 Å². The first-order valence-electron chi connectivity index (χ1n) is 3.92. The third-order valence-electron chi connectivity index (χ3n) is 1.73. The summed E-state index contributed by atoms with van der Waals surface area (Å²) in [6.07, 6.45) is 5.73. The van der Waals surface area contributed by atoms with Crippen molar-refractivity contribution in [3.05, 3.63) is 12.3 Å². The van der Waals surface area contributed by atoms with E-state index in [9.17, 15) is 0 Å². The number of rotatable bonds is 3. The predicted molar refractivity (Wildman–Crippen MR) is 46.4 cm³/mol. The lowest BCUT2D eigenvalue weighted by Gasteiger charge is -2.21. The Morgan fingerprint density at radius 1 is 1.73 bits per heavy atom. The average Bonchev–Trinajstić information content (AvgIpc) is 2.03. The second kappa shape index (κ2) is 4.13. The number of likely N-dealkylation sites (N-methyl/N-ethyl adjacent to an activating group) is 1. The van der Waals surface area contributed by atoms with Gasteiger partial charge in [0, 0.05) is 32.8 Å². The fourth-order valence-electron chi connectivity index (χ4n) is 1.05. The van der Waals surface area contributed by atoms with Crippen LogP contribution in [0.25, 0.3) is 0 Å². The van der Waals surface area contributed by atoms with Gasteiger partial charge in [0.15, 0.2) is 0 Å². The summed E-state index contributed by atoms with van der Waals surface area (Å²) in [7, 11) is 2.03. The van der Waals surface area contributed by atoms with Crippen molar-refractivity contribution in [3.63, 3.8) is 0 Å². The number of hydrogen-bond acceptors (Lipinski definition) is 2. The number of nitrogens with zero attached hydrogens (tertiary/aromatic N) is 2. The third-order valence-corrected chi connectivity index (χ3v) is 1.73. The molecule has 0 aromatic heterocycles. The lowest BCUT2D eigenvalue weighted by atomic mass is 10.2. The van der Waals surface area contributed by atoms with Gasteiger partial charge in [-0.2, -0.15) is 0 Å². The molecule has 0 aromatic carbocycles. The molecule has 11 heavy (non-hydrogen) atoms. The van der Waals surface area contributed by atoms with Crippen molar-refractivity contribution >= 4 is 5.84 Å². The van der Waals surface area contributed by atoms with Crippen molar-refractivity contribution in [2.75, 3.05) is 20.1 Å². The third kappa shape index (κ3) is 2.35. The Labute approximate surface area is 67.6 Å². The number of amidine groups is 1. The first-order chi connectivity index (χ1) is 5.34. The van der Waals surface area contributed by atoms with E-state index < -0.39 is 0 Å². The highest BCUT2D eigenvalue weighted by Crippen LogP contribution is 2.02. The van der Waals surface area contributed by atoms with Gasteiger partial charge >= 0.3 is 0 Å². The topological polar surface area (TPSA) is 39.4 Å². The molecule has 0 aliphatic carbocycles. The Bertz CT molecular complexity index is 172. The monoisotopic (exact) mass is 152 g/mol. The zero-order valence-electron chi connectivity index (χ0n) is 6.88. The molecule has 0 saturated heterocycles. The minimum atomic E-state index is 0.497. The van der Waals surface area contributed by atoms with E-state index in [4.69, 9.17) is 5.73 Å². The fraction of sp³-hybridized carbons (Fsp3) is 0.625. The van der Waals surface area contributed by atoms with E-state index >= 15 is 0 Å². The molecular weight excluding hydrogens is 138 g/mol. The van der Waals surface area contributed by atoms with Crippen LogP contribution in [0, 0.1) is 0 Å². The van der Waals surface area contributed by atoms with Crippen LogP contribution in [0.4, 0.5) is 0 Å². The minimum absolute atomic E-state index is 0.497. The van der Waals surface area contributed by atoms with E-state index in [0.29, 0.717) is 6.54 Å². The Morgan fingerprint density at radius 2 is 2.55 bits per heavy atom. The molecule has 1 radical (unpaired) electrons. The van der Waals surface area contributed by atoms with Crippen molar-refractivity contribution < 1.29 is 0 Å². The van der Waals surface area contributed by atoms with Crippen molar-refractivity contribution in [2.45, 2.75) is 12.8 Å². The molecule has 1 aliphatic rings. The lowest BCUT2D eigenvalue weighted by molar-refractivity contribution is 0.537. The first-order valence-corrected chi connectivity index (χ1v) is 3.92. The van der Waals surface area contributed by atoms with E-state index in [-0.39, 0.29) is 0 Å². The highest BCUT2D eigenvalue weighted by molar-refractivity contribution is 5.83. The van der Waals surface area contributed by atoms with Crippen LogP contribution in [0.5, 0.6) is 0 Å². The molecule has 1 N–H and O–H groups in total. The van der Waals surface area contributed by atoms with E-state index in [2.05, 4.69) is 9.89 Å². The maximum Gasteiger partial charge on any atom is 0.104 e. The molecule has 1 aliphatic heterocycles. The summed E-state index contributed by atoms with van der Waals surface area (Å²) >= 11 is 0. The summed E-state index contributed by atoms with van der Waals surface area (Å²) < 4.78 is 0. The molecule has 0 amide bonds. The van der Waals surface area contributed by atoms with Gasteiger partial charge in [-0.1, -0.05) is 0 Å². The Kier molecular flexibility index (Phi) is 3.11. The van der Waals surface area contributed by atoms with Gasteiger partial charge in [0.25, 0.3) is 0 Å². The quantitative estimate of drug-likeness (QED) is 0.592. The summed E-state index contributed by atoms with van der Waals surface area (Å²) in [5, 5.41) is 0. The molecule has 1 rings (SSSR count). The van der Waals surface area contributed by atoms with Gasteiger partial charge in [-0.25, -0.2) is 4.99 Å². The highest BCUT2D eigenvalue weighted by Gasteiger charge is 2.05. The Hall–Kier alpha value is -0.830. The molecule has 61 valence electrons. The second-order valence-corrected chi connectivity index (χ2v) is 2.66. The normalized spacial score (nSPS) is 16.9. The molecular formula is C8H14N3. The summed E-state index contributed by atoms with van der Waals surface area (Å²) in [6.45, 7) is 1.45. The number of aliphatic imine (C=N–C) groups is 1. The van der Waals surface area contributed by atoms with Gasteiger partial charge < -0.3 is 4.90 Å². The molecule has 0 bridgehead atoms. The minimum Gasteiger partial charge on any atom is -0.359 e. The number of hydrogen-bond donors (Lipinski definition) is 0. The van der Waals surface area contributed by atoms with Gasteiger partial charge in [-0.05, 0) is 12.5 Å². The van der Waals surface area contributed by atoms with Gasteiger partial charge in [-0.15, -0.1) is 0 Å². The van der Waals surface area contributed by atoms with Crippen molar-refractivity contribution in [1.29, 1.82) is 0 Å². The predicted octanol–water partition coefficient (Wildman–Crippen LogP) is 0.907. The molecule has 0 atom stereocenters. The van der Waals surface area contributed by atoms with E-state index in [1.807, 2.05) is 19.3 Å². The van der Waals surface area contributed by atoms with Crippen molar-refractivity contribution in [1.82, 2.24) is 10.6 Å². The SMILES string of the molecule is CN1CC=CN=C1CCC[NH]. The molecule has 1 heterocycles. The highest BCUT2D eigenvalue weighted by atomic mass is 15.2. The Balaban J connectivity index is 2.40. The average molecular weight is 152 g/mol. The van der Waals surface area contributed by atoms with E-state index in [1.54, 1.807) is 0 Å². The Morgan fingerprint density at radius 3 is 3.18 bits per heavy atom. The molecule has 0 unspecified atom stereocenters. The zero-order chi connectivity index (χ0) is 8.10. The van der Waals surface area contributed by atoms with Crippen LogP contribution in [0.3, 0.4) is 0 Å². The summed E-state index contributed by atoms with van der Waals surface area (Å²) in [4.78, 5) is 6.35. The van der Waals surface area contributed by atoms with Crippen LogP contribution < -0.4 is 5.73 Å². The molecule has 0 spiro atoms. The van der Waals surface area contributed by atoms with E-state index in [1.165, 1.54) is 0 Å².